The topological polar surface area (TPSA) is 92.8 Å². The van der Waals surface area contributed by atoms with Crippen LogP contribution in [0, 0.1) is 11.8 Å². The second-order valence-electron chi connectivity index (χ2n) is 8.19. The molecule has 0 aromatic heterocycles. The average molecular weight is 501 g/mol. The highest BCUT2D eigenvalue weighted by Crippen LogP contribution is 2.36. The number of hydrogen-bond donors (Lipinski definition) is 1. The van der Waals surface area contributed by atoms with E-state index in [0.29, 0.717) is 23.6 Å². The summed E-state index contributed by atoms with van der Waals surface area (Å²) in [5.41, 5.74) is 1.15. The molecule has 0 bridgehead atoms. The van der Waals surface area contributed by atoms with Crippen molar-refractivity contribution in [1.82, 2.24) is 4.90 Å². The molecule has 4 rings (SSSR count). The molecule has 1 saturated heterocycles. The lowest BCUT2D eigenvalue weighted by atomic mass is 9.85. The Labute approximate surface area is 206 Å². The molecule has 0 unspecified atom stereocenters. The fourth-order valence-electron chi connectivity index (χ4n) is 4.25. The van der Waals surface area contributed by atoms with E-state index in [4.69, 9.17) is 27.9 Å². The molecular weight excluding hydrogens is 479 g/mol. The van der Waals surface area contributed by atoms with Crippen LogP contribution in [-0.4, -0.2) is 41.2 Å². The highest BCUT2D eigenvalue weighted by Gasteiger charge is 2.51. The molecule has 1 aliphatic heterocycles. The maximum atomic E-state index is 13.1. The molecular formula is C25H22Cl2N2O5. The molecule has 0 spiro atoms. The molecule has 1 N–H and O–H groups in total. The first kappa shape index (κ1) is 24.0. The Morgan fingerprint density at radius 3 is 2.24 bits per heavy atom. The molecule has 2 aromatic rings. The van der Waals surface area contributed by atoms with Gasteiger partial charge < -0.3 is 10.1 Å². The number of benzene rings is 2. The third-order valence-electron chi connectivity index (χ3n) is 5.95. The van der Waals surface area contributed by atoms with Gasteiger partial charge in [0.15, 0.2) is 6.61 Å². The summed E-state index contributed by atoms with van der Waals surface area (Å²) in [5.74, 6) is -3.11. The number of nitrogens with zero attached hydrogens (tertiary/aromatic N) is 1. The van der Waals surface area contributed by atoms with Crippen molar-refractivity contribution in [3.63, 3.8) is 0 Å². The molecule has 34 heavy (non-hydrogen) atoms. The van der Waals surface area contributed by atoms with E-state index in [2.05, 4.69) is 5.32 Å². The van der Waals surface area contributed by atoms with Gasteiger partial charge in [0.1, 0.15) is 6.04 Å². The number of imide groups is 1. The monoisotopic (exact) mass is 500 g/mol. The number of nitrogens with one attached hydrogen (secondary N) is 1. The van der Waals surface area contributed by atoms with Crippen molar-refractivity contribution in [2.45, 2.75) is 25.3 Å². The van der Waals surface area contributed by atoms with E-state index in [1.165, 1.54) is 12.1 Å². The van der Waals surface area contributed by atoms with Gasteiger partial charge in [0.25, 0.3) is 5.91 Å². The predicted octanol–water partition coefficient (Wildman–Crippen LogP) is 4.04. The Hall–Kier alpha value is -3.16. The maximum absolute atomic E-state index is 13.1. The molecule has 0 saturated carbocycles. The lowest BCUT2D eigenvalue weighted by Crippen LogP contribution is -2.48. The molecule has 3 amide bonds. The fourth-order valence-corrected chi connectivity index (χ4v) is 4.55. The Morgan fingerprint density at radius 1 is 0.971 bits per heavy atom. The second kappa shape index (κ2) is 10.4. The SMILES string of the molecule is O=C(COC(=O)[C@H](Cc1ccccc1)N1C(=O)[C@H]2CC=CC[C@@H]2C1=O)Nc1ccc(Cl)c(Cl)c1. The van der Waals surface area contributed by atoms with Gasteiger partial charge in [-0.15, -0.1) is 0 Å². The minimum Gasteiger partial charge on any atom is -0.454 e. The predicted molar refractivity (Wildman–Crippen MR) is 127 cm³/mol. The van der Waals surface area contributed by atoms with E-state index in [9.17, 15) is 19.2 Å². The summed E-state index contributed by atoms with van der Waals surface area (Å²) in [6.07, 6.45) is 4.79. The normalized spacial score (nSPS) is 20.1. The maximum Gasteiger partial charge on any atom is 0.330 e. The zero-order valence-corrected chi connectivity index (χ0v) is 19.6. The first-order valence-electron chi connectivity index (χ1n) is 10.8. The molecule has 176 valence electrons. The van der Waals surface area contributed by atoms with Gasteiger partial charge in [0.2, 0.25) is 11.8 Å². The van der Waals surface area contributed by atoms with Gasteiger partial charge in [-0.25, -0.2) is 4.79 Å². The van der Waals surface area contributed by atoms with E-state index in [1.54, 1.807) is 30.3 Å². The van der Waals surface area contributed by atoms with Crippen LogP contribution in [0.5, 0.6) is 0 Å². The largest absolute Gasteiger partial charge is 0.454 e. The minimum atomic E-state index is -1.16. The van der Waals surface area contributed by atoms with Crippen molar-refractivity contribution in [2.24, 2.45) is 11.8 Å². The first-order chi connectivity index (χ1) is 16.3. The van der Waals surface area contributed by atoms with Crippen LogP contribution >= 0.6 is 23.2 Å². The number of fused-ring (bicyclic) bond motifs is 1. The first-order valence-corrected chi connectivity index (χ1v) is 11.6. The zero-order valence-electron chi connectivity index (χ0n) is 18.1. The summed E-state index contributed by atoms with van der Waals surface area (Å²) in [5, 5.41) is 3.17. The van der Waals surface area contributed by atoms with Crippen LogP contribution < -0.4 is 5.32 Å². The number of hydrogen-bond acceptors (Lipinski definition) is 5. The van der Waals surface area contributed by atoms with Crippen molar-refractivity contribution in [2.75, 3.05) is 11.9 Å². The van der Waals surface area contributed by atoms with Crippen LogP contribution in [0.4, 0.5) is 5.69 Å². The van der Waals surface area contributed by atoms with Gasteiger partial charge in [-0.05, 0) is 36.6 Å². The van der Waals surface area contributed by atoms with Crippen LogP contribution in [0.2, 0.25) is 10.0 Å². The Morgan fingerprint density at radius 2 is 1.62 bits per heavy atom. The number of carbonyl (C=O) groups excluding carboxylic acids is 4. The Bertz CT molecular complexity index is 1130. The molecule has 9 heteroatoms. The van der Waals surface area contributed by atoms with Crippen LogP contribution in [0.25, 0.3) is 0 Å². The summed E-state index contributed by atoms with van der Waals surface area (Å²) >= 11 is 11.8. The molecule has 2 aliphatic rings. The number of rotatable bonds is 7. The van der Waals surface area contributed by atoms with Gasteiger partial charge in [0.05, 0.1) is 21.9 Å². The van der Waals surface area contributed by atoms with E-state index < -0.39 is 36.4 Å². The number of carbonyl (C=O) groups is 4. The minimum absolute atomic E-state index is 0.0957. The van der Waals surface area contributed by atoms with Crippen molar-refractivity contribution in [3.05, 3.63) is 76.3 Å². The van der Waals surface area contributed by atoms with Crippen molar-refractivity contribution < 1.29 is 23.9 Å². The number of likely N-dealkylation sites (tertiary alicyclic amines) is 1. The summed E-state index contributed by atoms with van der Waals surface area (Å²) < 4.78 is 5.26. The number of halogens is 2. The van der Waals surface area contributed by atoms with Crippen molar-refractivity contribution >= 4 is 52.6 Å². The third-order valence-corrected chi connectivity index (χ3v) is 6.69. The fraction of sp³-hybridized carbons (Fsp3) is 0.280. The van der Waals surface area contributed by atoms with Gasteiger partial charge in [-0.2, -0.15) is 0 Å². The van der Waals surface area contributed by atoms with Crippen molar-refractivity contribution in [1.29, 1.82) is 0 Å². The molecule has 1 aliphatic carbocycles. The summed E-state index contributed by atoms with van der Waals surface area (Å²) in [6.45, 7) is -0.588. The second-order valence-corrected chi connectivity index (χ2v) is 9.01. The number of amides is 3. The van der Waals surface area contributed by atoms with Crippen LogP contribution in [0.15, 0.2) is 60.7 Å². The van der Waals surface area contributed by atoms with Crippen LogP contribution in [0.3, 0.4) is 0 Å². The lowest BCUT2D eigenvalue weighted by Gasteiger charge is -2.25. The number of ether oxygens (including phenoxy) is 1. The summed E-state index contributed by atoms with van der Waals surface area (Å²) in [6, 6.07) is 12.4. The van der Waals surface area contributed by atoms with Gasteiger partial charge in [0, 0.05) is 12.1 Å². The molecule has 7 nitrogen and oxygen atoms in total. The summed E-state index contributed by atoms with van der Waals surface area (Å²) in [4.78, 5) is 52.6. The highest BCUT2D eigenvalue weighted by atomic mass is 35.5. The van der Waals surface area contributed by atoms with Crippen molar-refractivity contribution in [3.8, 4) is 0 Å². The van der Waals surface area contributed by atoms with E-state index >= 15 is 0 Å². The van der Waals surface area contributed by atoms with E-state index in [0.717, 1.165) is 10.5 Å². The average Bonchev–Trinajstić information content (AvgIpc) is 3.09. The summed E-state index contributed by atoms with van der Waals surface area (Å²) in [7, 11) is 0. The van der Waals surface area contributed by atoms with E-state index in [-0.39, 0.29) is 23.3 Å². The number of esters is 1. The van der Waals surface area contributed by atoms with Crippen LogP contribution in [0.1, 0.15) is 18.4 Å². The van der Waals surface area contributed by atoms with Crippen LogP contribution in [-0.2, 0) is 30.3 Å². The molecule has 1 fully saturated rings. The van der Waals surface area contributed by atoms with E-state index in [1.807, 2.05) is 18.2 Å². The molecule has 0 radical (unpaired) electrons. The molecule has 3 atom stereocenters. The molecule has 1 heterocycles. The zero-order chi connectivity index (χ0) is 24.2. The quantitative estimate of drug-likeness (QED) is 0.351. The Balaban J connectivity index is 1.48. The Kier molecular flexibility index (Phi) is 7.34. The lowest BCUT2D eigenvalue weighted by molar-refractivity contribution is -0.159. The van der Waals surface area contributed by atoms with Gasteiger partial charge in [-0.3, -0.25) is 19.3 Å². The van der Waals surface area contributed by atoms with Gasteiger partial charge >= 0.3 is 5.97 Å². The smallest absolute Gasteiger partial charge is 0.330 e. The third kappa shape index (κ3) is 5.16. The number of anilines is 1. The molecule has 2 aromatic carbocycles. The number of allylic oxidation sites excluding steroid dienone is 2. The standard InChI is InChI=1S/C25H22Cl2N2O5/c26-19-11-10-16(13-20(19)27)28-22(30)14-34-25(33)21(12-15-6-2-1-3-7-15)29-23(31)17-8-4-5-9-18(17)24(29)32/h1-7,10-11,13,17-18,21H,8-9,12,14H2,(H,28,30)/t17-,18-,21-/m0/s1. The van der Waals surface area contributed by atoms with Gasteiger partial charge in [-0.1, -0.05) is 65.7 Å². The highest BCUT2D eigenvalue weighted by molar-refractivity contribution is 6.42.